The molecule has 1 aliphatic heterocycles. The van der Waals surface area contributed by atoms with Crippen LogP contribution in [-0.2, 0) is 4.74 Å². The standard InChI is InChI=1S/C17H18O5/c18-17(19)16-15(8-10-21-16)12-4-6-13(7-5-12)22-11-14-3-1-2-9-20-14/h4-8,10,14H,1-3,9,11H2,(H,18,19). The number of aromatic carboxylic acids is 1. The molecule has 1 unspecified atom stereocenters. The summed E-state index contributed by atoms with van der Waals surface area (Å²) in [6.07, 6.45) is 4.90. The molecule has 1 aliphatic rings. The zero-order valence-electron chi connectivity index (χ0n) is 12.2. The minimum Gasteiger partial charge on any atom is -0.491 e. The van der Waals surface area contributed by atoms with E-state index in [9.17, 15) is 4.79 Å². The van der Waals surface area contributed by atoms with E-state index in [1.54, 1.807) is 6.07 Å². The van der Waals surface area contributed by atoms with Gasteiger partial charge in [-0.15, -0.1) is 0 Å². The topological polar surface area (TPSA) is 68.9 Å². The summed E-state index contributed by atoms with van der Waals surface area (Å²) in [6.45, 7) is 1.36. The number of hydrogen-bond donors (Lipinski definition) is 1. The Labute approximate surface area is 128 Å². The van der Waals surface area contributed by atoms with Crippen molar-refractivity contribution >= 4 is 5.97 Å². The van der Waals surface area contributed by atoms with Gasteiger partial charge < -0.3 is 19.0 Å². The van der Waals surface area contributed by atoms with Crippen molar-refractivity contribution in [3.05, 3.63) is 42.4 Å². The maximum Gasteiger partial charge on any atom is 0.372 e. The van der Waals surface area contributed by atoms with Gasteiger partial charge >= 0.3 is 5.97 Å². The van der Waals surface area contributed by atoms with Gasteiger partial charge in [0.1, 0.15) is 12.4 Å². The molecule has 0 saturated carbocycles. The summed E-state index contributed by atoms with van der Waals surface area (Å²) in [5, 5.41) is 9.07. The molecule has 116 valence electrons. The van der Waals surface area contributed by atoms with Crippen LogP contribution in [0.2, 0.25) is 0 Å². The third kappa shape index (κ3) is 3.31. The molecule has 22 heavy (non-hydrogen) atoms. The normalized spacial score (nSPS) is 18.1. The summed E-state index contributed by atoms with van der Waals surface area (Å²) in [7, 11) is 0. The molecule has 0 bridgehead atoms. The predicted octanol–water partition coefficient (Wildman–Crippen LogP) is 3.59. The average Bonchev–Trinajstić information content (AvgIpc) is 3.04. The van der Waals surface area contributed by atoms with Crippen molar-refractivity contribution in [2.45, 2.75) is 25.4 Å². The zero-order chi connectivity index (χ0) is 15.4. The highest BCUT2D eigenvalue weighted by Crippen LogP contribution is 2.27. The predicted molar refractivity (Wildman–Crippen MR) is 80.2 cm³/mol. The number of furan rings is 1. The first-order chi connectivity index (χ1) is 10.7. The number of rotatable bonds is 5. The van der Waals surface area contributed by atoms with Crippen LogP contribution < -0.4 is 4.74 Å². The van der Waals surface area contributed by atoms with Gasteiger partial charge in [-0.3, -0.25) is 0 Å². The highest BCUT2D eigenvalue weighted by molar-refractivity contribution is 5.93. The molecule has 0 spiro atoms. The van der Waals surface area contributed by atoms with Crippen molar-refractivity contribution in [2.24, 2.45) is 0 Å². The van der Waals surface area contributed by atoms with Crippen LogP contribution >= 0.6 is 0 Å². The average molecular weight is 302 g/mol. The van der Waals surface area contributed by atoms with E-state index in [-0.39, 0.29) is 11.9 Å². The van der Waals surface area contributed by atoms with Crippen molar-refractivity contribution in [1.82, 2.24) is 0 Å². The number of hydrogen-bond acceptors (Lipinski definition) is 4. The van der Waals surface area contributed by atoms with E-state index in [1.807, 2.05) is 24.3 Å². The summed E-state index contributed by atoms with van der Waals surface area (Å²) >= 11 is 0. The third-order valence-corrected chi connectivity index (χ3v) is 3.73. The molecular weight excluding hydrogens is 284 g/mol. The second-order valence-corrected chi connectivity index (χ2v) is 5.29. The second kappa shape index (κ2) is 6.66. The number of carbonyl (C=O) groups is 1. The van der Waals surface area contributed by atoms with Gasteiger partial charge in [-0.1, -0.05) is 12.1 Å². The van der Waals surface area contributed by atoms with Crippen LogP contribution in [0, 0.1) is 0 Å². The SMILES string of the molecule is O=C(O)c1occc1-c1ccc(OCC2CCCCO2)cc1. The molecule has 1 saturated heterocycles. The fraction of sp³-hybridized carbons (Fsp3) is 0.353. The molecule has 1 aromatic carbocycles. The Morgan fingerprint density at radius 3 is 2.73 bits per heavy atom. The lowest BCUT2D eigenvalue weighted by molar-refractivity contribution is -0.0110. The van der Waals surface area contributed by atoms with Gasteiger partial charge in [0.15, 0.2) is 0 Å². The Bertz CT molecular complexity index is 623. The van der Waals surface area contributed by atoms with Crippen LogP contribution in [0.3, 0.4) is 0 Å². The number of carboxylic acid groups (broad SMARTS) is 1. The van der Waals surface area contributed by atoms with Crippen LogP contribution in [0.5, 0.6) is 5.75 Å². The van der Waals surface area contributed by atoms with E-state index in [0.29, 0.717) is 12.2 Å². The molecule has 0 radical (unpaired) electrons. The first-order valence-electron chi connectivity index (χ1n) is 7.39. The van der Waals surface area contributed by atoms with E-state index in [4.69, 9.17) is 19.0 Å². The molecule has 3 rings (SSSR count). The quantitative estimate of drug-likeness (QED) is 0.914. The largest absolute Gasteiger partial charge is 0.491 e. The van der Waals surface area contributed by atoms with Gasteiger partial charge in [0.2, 0.25) is 5.76 Å². The molecule has 2 heterocycles. The van der Waals surface area contributed by atoms with Gasteiger partial charge in [0, 0.05) is 12.2 Å². The first kappa shape index (κ1) is 14.7. The molecule has 1 fully saturated rings. The van der Waals surface area contributed by atoms with E-state index >= 15 is 0 Å². The van der Waals surface area contributed by atoms with Crippen molar-refractivity contribution in [2.75, 3.05) is 13.2 Å². The van der Waals surface area contributed by atoms with E-state index in [0.717, 1.165) is 30.8 Å². The fourth-order valence-corrected chi connectivity index (χ4v) is 2.56. The number of ether oxygens (including phenoxy) is 2. The van der Waals surface area contributed by atoms with Gasteiger partial charge in [0.05, 0.1) is 12.4 Å². The Hall–Kier alpha value is -2.27. The number of carboxylic acids is 1. The summed E-state index contributed by atoms with van der Waals surface area (Å²) in [5.41, 5.74) is 1.35. The molecule has 5 heteroatoms. The fourth-order valence-electron chi connectivity index (χ4n) is 2.56. The molecule has 5 nitrogen and oxygen atoms in total. The molecule has 2 aromatic rings. The second-order valence-electron chi connectivity index (χ2n) is 5.29. The molecule has 0 amide bonds. The molecule has 0 aliphatic carbocycles. The van der Waals surface area contributed by atoms with Crippen LogP contribution in [0.25, 0.3) is 11.1 Å². The smallest absolute Gasteiger partial charge is 0.372 e. The monoisotopic (exact) mass is 302 g/mol. The highest BCUT2D eigenvalue weighted by Gasteiger charge is 2.16. The highest BCUT2D eigenvalue weighted by atomic mass is 16.5. The summed E-state index contributed by atoms with van der Waals surface area (Å²) in [5.74, 6) is -0.377. The summed E-state index contributed by atoms with van der Waals surface area (Å²) < 4.78 is 16.3. The van der Waals surface area contributed by atoms with Gasteiger partial charge in [-0.25, -0.2) is 4.79 Å². The van der Waals surface area contributed by atoms with Crippen LogP contribution in [0.1, 0.15) is 29.8 Å². The minimum absolute atomic E-state index is 0.0516. The van der Waals surface area contributed by atoms with Crippen molar-refractivity contribution in [3.63, 3.8) is 0 Å². The Morgan fingerprint density at radius 1 is 1.23 bits per heavy atom. The van der Waals surface area contributed by atoms with Crippen LogP contribution in [-0.4, -0.2) is 30.4 Å². The van der Waals surface area contributed by atoms with Crippen molar-refractivity contribution in [3.8, 4) is 16.9 Å². The molecule has 1 N–H and O–H groups in total. The van der Waals surface area contributed by atoms with E-state index in [1.165, 1.54) is 12.7 Å². The molecule has 1 atom stereocenters. The number of benzene rings is 1. The lowest BCUT2D eigenvalue weighted by Crippen LogP contribution is -2.25. The van der Waals surface area contributed by atoms with Crippen LogP contribution in [0.15, 0.2) is 41.0 Å². The first-order valence-corrected chi connectivity index (χ1v) is 7.39. The molecule has 1 aromatic heterocycles. The van der Waals surface area contributed by atoms with Gasteiger partial charge in [0.25, 0.3) is 0 Å². The lowest BCUT2D eigenvalue weighted by atomic mass is 10.1. The van der Waals surface area contributed by atoms with Crippen molar-refractivity contribution in [1.29, 1.82) is 0 Å². The summed E-state index contributed by atoms with van der Waals surface area (Å²) in [6, 6.07) is 8.96. The Kier molecular flexibility index (Phi) is 4.44. The minimum atomic E-state index is -1.07. The summed E-state index contributed by atoms with van der Waals surface area (Å²) in [4.78, 5) is 11.1. The maximum atomic E-state index is 11.1. The lowest BCUT2D eigenvalue weighted by Gasteiger charge is -2.22. The van der Waals surface area contributed by atoms with Gasteiger partial charge in [-0.2, -0.15) is 0 Å². The Balaban J connectivity index is 1.64. The van der Waals surface area contributed by atoms with E-state index in [2.05, 4.69) is 0 Å². The van der Waals surface area contributed by atoms with Crippen LogP contribution in [0.4, 0.5) is 0 Å². The van der Waals surface area contributed by atoms with Crippen molar-refractivity contribution < 1.29 is 23.8 Å². The van der Waals surface area contributed by atoms with E-state index < -0.39 is 5.97 Å². The third-order valence-electron chi connectivity index (χ3n) is 3.73. The molecular formula is C17H18O5. The van der Waals surface area contributed by atoms with Gasteiger partial charge in [-0.05, 0) is 43.0 Å². The Morgan fingerprint density at radius 2 is 2.05 bits per heavy atom. The zero-order valence-corrected chi connectivity index (χ0v) is 12.2. The maximum absolute atomic E-state index is 11.1.